The van der Waals surface area contributed by atoms with Crippen LogP contribution in [0.4, 0.5) is 18.3 Å². The summed E-state index contributed by atoms with van der Waals surface area (Å²) in [7, 11) is 1.71. The highest BCUT2D eigenvalue weighted by atomic mass is 32.1. The monoisotopic (exact) mass is 504 g/mol. The van der Waals surface area contributed by atoms with E-state index in [0.29, 0.717) is 23.9 Å². The van der Waals surface area contributed by atoms with Gasteiger partial charge in [0.05, 0.1) is 21.5 Å². The van der Waals surface area contributed by atoms with E-state index in [9.17, 15) is 23.2 Å². The standard InChI is InChI=1S/C14H14N6OS.C8H7F3.C2H6/c1-20-11-6-8(2-3-9(11)19-14(20)21)12-10(7-16)18-13(22-12)17-5-4-15;1-6-2-4-7(5-3-6)8(9,10)11;1-2/h2-3,6H,4-5,15H2,1H3,(H,17,18)(H,19,21);2-5H,1H3;1-2H3. The number of imidazole rings is 1. The average molecular weight is 505 g/mol. The minimum absolute atomic E-state index is 0.165. The number of nitriles is 1. The highest BCUT2D eigenvalue weighted by Crippen LogP contribution is 2.34. The number of halogens is 3. The van der Waals surface area contributed by atoms with Gasteiger partial charge in [-0.2, -0.15) is 18.4 Å². The first kappa shape index (κ1) is 27.6. The van der Waals surface area contributed by atoms with E-state index in [2.05, 4.69) is 21.4 Å². The number of hydrogen-bond acceptors (Lipinski definition) is 6. The maximum atomic E-state index is 11.9. The molecule has 0 aliphatic carbocycles. The Balaban J connectivity index is 0.000000280. The molecule has 0 spiro atoms. The SMILES string of the molecule is CC.Cc1ccc(C(F)(F)F)cc1.Cn1c(=O)[nH]c2ccc(-c3sc(NCCN)nc3C#N)cc21. The van der Waals surface area contributed by atoms with Crippen molar-refractivity contribution in [2.24, 2.45) is 12.8 Å². The summed E-state index contributed by atoms with van der Waals surface area (Å²) in [6.45, 7) is 6.84. The van der Waals surface area contributed by atoms with E-state index in [1.165, 1.54) is 23.5 Å². The molecule has 11 heteroatoms. The number of nitrogens with zero attached hydrogens (tertiary/aromatic N) is 3. The van der Waals surface area contributed by atoms with Crippen molar-refractivity contribution in [2.75, 3.05) is 18.4 Å². The van der Waals surface area contributed by atoms with Crippen molar-refractivity contribution in [1.82, 2.24) is 14.5 Å². The van der Waals surface area contributed by atoms with E-state index in [0.717, 1.165) is 39.2 Å². The molecule has 4 aromatic rings. The second kappa shape index (κ2) is 12.2. The normalized spacial score (nSPS) is 10.6. The van der Waals surface area contributed by atoms with Crippen LogP contribution in [0.25, 0.3) is 21.5 Å². The third-order valence-corrected chi connectivity index (χ3v) is 5.76. The first-order chi connectivity index (χ1) is 16.6. The van der Waals surface area contributed by atoms with Crippen molar-refractivity contribution in [3.8, 4) is 16.5 Å². The Labute approximate surface area is 205 Å². The van der Waals surface area contributed by atoms with Crippen LogP contribution in [-0.4, -0.2) is 27.6 Å². The number of benzene rings is 2. The van der Waals surface area contributed by atoms with Crippen LogP contribution < -0.4 is 16.7 Å². The molecule has 2 heterocycles. The number of aryl methyl sites for hydroxylation is 2. The van der Waals surface area contributed by atoms with Crippen LogP contribution in [-0.2, 0) is 13.2 Å². The summed E-state index contributed by atoms with van der Waals surface area (Å²) in [4.78, 5) is 19.5. The molecule has 186 valence electrons. The molecule has 4 N–H and O–H groups in total. The fraction of sp³-hybridized carbons (Fsp3) is 0.292. The minimum atomic E-state index is -4.21. The van der Waals surface area contributed by atoms with Crippen LogP contribution in [0.5, 0.6) is 0 Å². The minimum Gasteiger partial charge on any atom is -0.360 e. The molecule has 0 fully saturated rings. The molecule has 35 heavy (non-hydrogen) atoms. The van der Waals surface area contributed by atoms with E-state index in [4.69, 9.17) is 5.73 Å². The van der Waals surface area contributed by atoms with Crippen LogP contribution >= 0.6 is 11.3 Å². The number of thiazole rings is 1. The van der Waals surface area contributed by atoms with Crippen molar-refractivity contribution in [1.29, 1.82) is 5.26 Å². The molecule has 0 atom stereocenters. The smallest absolute Gasteiger partial charge is 0.360 e. The predicted molar refractivity (Wildman–Crippen MR) is 134 cm³/mol. The first-order valence-corrected chi connectivity index (χ1v) is 11.6. The van der Waals surface area contributed by atoms with Crippen LogP contribution in [0, 0.1) is 18.3 Å². The van der Waals surface area contributed by atoms with Gasteiger partial charge in [0.2, 0.25) is 0 Å². The zero-order valence-corrected chi connectivity index (χ0v) is 20.6. The van der Waals surface area contributed by atoms with Gasteiger partial charge in [-0.1, -0.05) is 48.9 Å². The second-order valence-electron chi connectivity index (χ2n) is 7.11. The lowest BCUT2D eigenvalue weighted by Crippen LogP contribution is -2.12. The highest BCUT2D eigenvalue weighted by Gasteiger charge is 2.29. The number of alkyl halides is 3. The van der Waals surface area contributed by atoms with Gasteiger partial charge in [-0.25, -0.2) is 9.78 Å². The van der Waals surface area contributed by atoms with Gasteiger partial charge < -0.3 is 16.0 Å². The summed E-state index contributed by atoms with van der Waals surface area (Å²) in [5.41, 5.74) is 8.31. The van der Waals surface area contributed by atoms with Crippen LogP contribution in [0.2, 0.25) is 0 Å². The van der Waals surface area contributed by atoms with Gasteiger partial charge in [-0.15, -0.1) is 0 Å². The van der Waals surface area contributed by atoms with Gasteiger partial charge in [0.25, 0.3) is 0 Å². The number of aromatic amines is 1. The van der Waals surface area contributed by atoms with Crippen molar-refractivity contribution in [2.45, 2.75) is 26.9 Å². The lowest BCUT2D eigenvalue weighted by Gasteiger charge is -2.05. The van der Waals surface area contributed by atoms with E-state index >= 15 is 0 Å². The predicted octanol–water partition coefficient (Wildman–Crippen LogP) is 5.27. The van der Waals surface area contributed by atoms with Crippen molar-refractivity contribution >= 4 is 27.5 Å². The number of H-pyrrole nitrogens is 1. The number of anilines is 1. The Morgan fingerprint density at radius 2 is 1.86 bits per heavy atom. The summed E-state index contributed by atoms with van der Waals surface area (Å²) in [6.07, 6.45) is -4.21. The molecule has 7 nitrogen and oxygen atoms in total. The molecule has 0 aliphatic rings. The van der Waals surface area contributed by atoms with Crippen molar-refractivity contribution < 1.29 is 13.2 Å². The van der Waals surface area contributed by atoms with Gasteiger partial charge >= 0.3 is 11.9 Å². The maximum absolute atomic E-state index is 11.9. The van der Waals surface area contributed by atoms with Gasteiger partial charge in [0.1, 0.15) is 6.07 Å². The summed E-state index contributed by atoms with van der Waals surface area (Å²) in [5, 5.41) is 13.0. The van der Waals surface area contributed by atoms with Gasteiger partial charge in [0.15, 0.2) is 10.8 Å². The molecule has 2 aromatic carbocycles. The molecule has 4 rings (SSSR count). The van der Waals surface area contributed by atoms with Gasteiger partial charge in [-0.3, -0.25) is 4.57 Å². The van der Waals surface area contributed by atoms with Gasteiger partial charge in [0, 0.05) is 20.1 Å². The number of hydrogen-bond donors (Lipinski definition) is 3. The van der Waals surface area contributed by atoms with Crippen LogP contribution in [0.15, 0.2) is 47.3 Å². The molecule has 0 bridgehead atoms. The summed E-state index contributed by atoms with van der Waals surface area (Å²) in [5.74, 6) is 0. The molecule has 0 saturated carbocycles. The maximum Gasteiger partial charge on any atom is 0.416 e. The molecular formula is C24H27F3N6OS. The molecular weight excluding hydrogens is 477 g/mol. The molecule has 0 radical (unpaired) electrons. The number of aromatic nitrogens is 3. The number of rotatable bonds is 4. The Morgan fingerprint density at radius 3 is 2.43 bits per heavy atom. The summed E-state index contributed by atoms with van der Waals surface area (Å²) >= 11 is 1.40. The third-order valence-electron chi connectivity index (χ3n) is 4.70. The zero-order chi connectivity index (χ0) is 26.2. The van der Waals surface area contributed by atoms with E-state index in [1.54, 1.807) is 18.5 Å². The topological polar surface area (TPSA) is 113 Å². The number of nitrogens with two attached hydrogens (primary N) is 1. The number of nitrogens with one attached hydrogen (secondary N) is 2. The Kier molecular flexibility index (Phi) is 9.62. The third kappa shape index (κ3) is 6.94. The molecule has 0 amide bonds. The van der Waals surface area contributed by atoms with E-state index in [-0.39, 0.29) is 5.69 Å². The van der Waals surface area contributed by atoms with Crippen molar-refractivity contribution in [3.05, 3.63) is 69.8 Å². The van der Waals surface area contributed by atoms with E-state index < -0.39 is 11.7 Å². The Bertz CT molecular complexity index is 1350. The van der Waals surface area contributed by atoms with Gasteiger partial charge in [-0.05, 0) is 36.8 Å². The fourth-order valence-electron chi connectivity index (χ4n) is 2.95. The molecule has 2 aromatic heterocycles. The quantitative estimate of drug-likeness (QED) is 0.350. The van der Waals surface area contributed by atoms with Crippen LogP contribution in [0.3, 0.4) is 0 Å². The first-order valence-electron chi connectivity index (χ1n) is 10.8. The number of fused-ring (bicyclic) bond motifs is 1. The highest BCUT2D eigenvalue weighted by molar-refractivity contribution is 7.19. The second-order valence-corrected chi connectivity index (χ2v) is 8.11. The summed E-state index contributed by atoms with van der Waals surface area (Å²) in [6, 6.07) is 12.8. The summed E-state index contributed by atoms with van der Waals surface area (Å²) < 4.78 is 37.3. The fourth-order valence-corrected chi connectivity index (χ4v) is 3.89. The molecule has 0 saturated heterocycles. The zero-order valence-electron chi connectivity index (χ0n) is 19.8. The lowest BCUT2D eigenvalue weighted by atomic mass is 10.1. The largest absolute Gasteiger partial charge is 0.416 e. The average Bonchev–Trinajstić information content (AvgIpc) is 3.39. The van der Waals surface area contributed by atoms with E-state index in [1.807, 2.05) is 32.0 Å². The van der Waals surface area contributed by atoms with Crippen molar-refractivity contribution in [3.63, 3.8) is 0 Å². The molecule has 0 unspecified atom stereocenters. The Morgan fingerprint density at radius 1 is 1.20 bits per heavy atom. The lowest BCUT2D eigenvalue weighted by molar-refractivity contribution is -0.137. The molecule has 0 aliphatic heterocycles. The van der Waals surface area contributed by atoms with Crippen LogP contribution in [0.1, 0.15) is 30.7 Å². The Hall–Kier alpha value is -3.62.